The van der Waals surface area contributed by atoms with E-state index in [0.717, 1.165) is 19.3 Å². The fourth-order valence-electron chi connectivity index (χ4n) is 6.33. The first kappa shape index (κ1) is 44.4. The molecular weight excluding hydrogens is 556 g/mol. The molecule has 0 radical (unpaired) electrons. The van der Waals surface area contributed by atoms with Gasteiger partial charge in [0.25, 0.3) is 0 Å². The van der Waals surface area contributed by atoms with Crippen LogP contribution < -0.4 is 11.5 Å². The average molecular weight is 639 g/mol. The number of rotatable bonds is 39. The van der Waals surface area contributed by atoms with Gasteiger partial charge in [-0.3, -0.25) is 4.79 Å². The monoisotopic (exact) mass is 639 g/mol. The van der Waals surface area contributed by atoms with Crippen molar-refractivity contribution in [2.24, 2.45) is 11.5 Å². The molecule has 270 valence electrons. The van der Waals surface area contributed by atoms with Crippen molar-refractivity contribution in [1.29, 1.82) is 0 Å². The van der Waals surface area contributed by atoms with Crippen molar-refractivity contribution in [3.05, 3.63) is 0 Å². The van der Waals surface area contributed by atoms with Crippen LogP contribution in [0.4, 0.5) is 0 Å². The van der Waals surface area contributed by atoms with Gasteiger partial charge in [-0.2, -0.15) is 0 Å². The van der Waals surface area contributed by atoms with Crippen LogP contribution in [0, 0.1) is 0 Å². The number of amides is 1. The number of ether oxygens (including phenoxy) is 2. The summed E-state index contributed by atoms with van der Waals surface area (Å²) in [6, 6.07) is 0. The highest BCUT2D eigenvalue weighted by atomic mass is 16.5. The summed E-state index contributed by atoms with van der Waals surface area (Å²) in [4.78, 5) is 11.6. The Bertz CT molecular complexity index is 574. The Morgan fingerprint density at radius 1 is 0.422 bits per heavy atom. The van der Waals surface area contributed by atoms with Gasteiger partial charge in [-0.25, -0.2) is 0 Å². The number of hydrogen-bond donors (Lipinski definition) is 2. The molecule has 0 aliphatic rings. The van der Waals surface area contributed by atoms with Crippen LogP contribution in [-0.2, 0) is 14.3 Å². The van der Waals surface area contributed by atoms with Crippen LogP contribution in [0.2, 0.25) is 0 Å². The Morgan fingerprint density at radius 3 is 0.933 bits per heavy atom. The summed E-state index contributed by atoms with van der Waals surface area (Å²) < 4.78 is 11.8. The SMILES string of the molecule is CCCCCCCCCCCCCCCCCCOC(N)C(CC(N)=O)OCCCCCCCCCCCCCCCCCC. The smallest absolute Gasteiger partial charge is 0.220 e. The number of hydrogen-bond acceptors (Lipinski definition) is 4. The van der Waals surface area contributed by atoms with E-state index in [1.807, 2.05) is 0 Å². The summed E-state index contributed by atoms with van der Waals surface area (Å²) in [5.74, 6) is -0.381. The highest BCUT2D eigenvalue weighted by Gasteiger charge is 2.21. The fourth-order valence-corrected chi connectivity index (χ4v) is 6.33. The Morgan fingerprint density at radius 2 is 0.667 bits per heavy atom. The largest absolute Gasteiger partial charge is 0.374 e. The summed E-state index contributed by atoms with van der Waals surface area (Å²) in [6.07, 6.45) is 42.3. The maximum atomic E-state index is 11.6. The zero-order valence-corrected chi connectivity index (χ0v) is 30.8. The third kappa shape index (κ3) is 36.0. The van der Waals surface area contributed by atoms with Crippen LogP contribution >= 0.6 is 0 Å². The molecule has 1 amide bonds. The molecule has 45 heavy (non-hydrogen) atoms. The molecule has 0 aliphatic heterocycles. The topological polar surface area (TPSA) is 87.6 Å². The number of carbonyl (C=O) groups is 1. The van der Waals surface area contributed by atoms with Gasteiger partial charge in [-0.1, -0.05) is 206 Å². The van der Waals surface area contributed by atoms with E-state index in [2.05, 4.69) is 13.8 Å². The van der Waals surface area contributed by atoms with Crippen LogP contribution in [0.1, 0.15) is 226 Å². The molecule has 0 spiro atoms. The molecule has 0 fully saturated rings. The molecule has 0 aromatic heterocycles. The molecule has 0 saturated heterocycles. The molecule has 2 unspecified atom stereocenters. The van der Waals surface area contributed by atoms with E-state index in [0.29, 0.717) is 13.2 Å². The predicted molar refractivity (Wildman–Crippen MR) is 197 cm³/mol. The van der Waals surface area contributed by atoms with Crippen molar-refractivity contribution in [2.75, 3.05) is 13.2 Å². The molecule has 0 saturated carbocycles. The van der Waals surface area contributed by atoms with E-state index in [-0.39, 0.29) is 12.3 Å². The molecule has 0 rings (SSSR count). The Kier molecular flexibility index (Phi) is 37.3. The molecule has 0 heterocycles. The van der Waals surface area contributed by atoms with Gasteiger partial charge in [0, 0.05) is 13.2 Å². The van der Waals surface area contributed by atoms with Crippen LogP contribution in [0.5, 0.6) is 0 Å². The highest BCUT2D eigenvalue weighted by molar-refractivity contribution is 5.74. The number of nitrogens with two attached hydrogens (primary N) is 2. The van der Waals surface area contributed by atoms with Crippen molar-refractivity contribution in [3.63, 3.8) is 0 Å². The van der Waals surface area contributed by atoms with Crippen LogP contribution in [0.15, 0.2) is 0 Å². The first-order valence-electron chi connectivity index (χ1n) is 20.4. The third-order valence-corrected chi connectivity index (χ3v) is 9.41. The third-order valence-electron chi connectivity index (χ3n) is 9.41. The molecule has 0 aliphatic carbocycles. The first-order chi connectivity index (χ1) is 22.1. The molecule has 2 atom stereocenters. The van der Waals surface area contributed by atoms with Crippen molar-refractivity contribution in [2.45, 2.75) is 238 Å². The van der Waals surface area contributed by atoms with Gasteiger partial charge in [0.1, 0.15) is 12.3 Å². The maximum absolute atomic E-state index is 11.6. The summed E-state index contributed by atoms with van der Waals surface area (Å²) in [5.41, 5.74) is 11.7. The summed E-state index contributed by atoms with van der Waals surface area (Å²) in [5, 5.41) is 0. The standard InChI is InChI=1S/C40H82N2O3/c1-3-5-7-9-11-13-15-17-19-21-23-25-27-29-31-33-35-44-38(37-39(41)43)40(42)45-36-34-32-30-28-26-24-22-20-18-16-14-12-10-8-6-4-2/h38,40H,3-37,42H2,1-2H3,(H2,41,43). The summed E-state index contributed by atoms with van der Waals surface area (Å²) in [6.45, 7) is 5.81. The van der Waals surface area contributed by atoms with Gasteiger partial charge in [0.2, 0.25) is 5.91 Å². The molecule has 5 nitrogen and oxygen atoms in total. The Labute approximate surface area is 282 Å². The van der Waals surface area contributed by atoms with E-state index >= 15 is 0 Å². The van der Waals surface area contributed by atoms with Gasteiger partial charge >= 0.3 is 0 Å². The van der Waals surface area contributed by atoms with Crippen molar-refractivity contribution < 1.29 is 14.3 Å². The summed E-state index contributed by atoms with van der Waals surface area (Å²) >= 11 is 0. The van der Waals surface area contributed by atoms with Crippen LogP contribution in [0.3, 0.4) is 0 Å². The van der Waals surface area contributed by atoms with E-state index in [4.69, 9.17) is 20.9 Å². The van der Waals surface area contributed by atoms with Crippen LogP contribution in [0.25, 0.3) is 0 Å². The minimum Gasteiger partial charge on any atom is -0.374 e. The van der Waals surface area contributed by atoms with Crippen molar-refractivity contribution >= 4 is 5.91 Å². The van der Waals surface area contributed by atoms with Gasteiger partial charge in [-0.05, 0) is 12.8 Å². The van der Waals surface area contributed by atoms with Gasteiger partial charge in [0.05, 0.1) is 6.42 Å². The van der Waals surface area contributed by atoms with Crippen molar-refractivity contribution in [1.82, 2.24) is 0 Å². The molecule has 5 heteroatoms. The van der Waals surface area contributed by atoms with Gasteiger partial charge < -0.3 is 20.9 Å². The second-order valence-electron chi connectivity index (χ2n) is 14.0. The lowest BCUT2D eigenvalue weighted by Crippen LogP contribution is -2.42. The van der Waals surface area contributed by atoms with Gasteiger partial charge in [0.15, 0.2) is 0 Å². The molecule has 4 N–H and O–H groups in total. The van der Waals surface area contributed by atoms with E-state index in [1.165, 1.54) is 186 Å². The second-order valence-corrected chi connectivity index (χ2v) is 14.0. The zero-order valence-electron chi connectivity index (χ0n) is 30.8. The minimum absolute atomic E-state index is 0.124. The van der Waals surface area contributed by atoms with E-state index in [1.54, 1.807) is 0 Å². The molecule has 0 bridgehead atoms. The zero-order chi connectivity index (χ0) is 32.9. The Hall–Kier alpha value is -0.650. The lowest BCUT2D eigenvalue weighted by molar-refractivity contribution is -0.126. The number of unbranched alkanes of at least 4 members (excludes halogenated alkanes) is 30. The number of primary amides is 1. The lowest BCUT2D eigenvalue weighted by atomic mass is 10.0. The number of carbonyl (C=O) groups excluding carboxylic acids is 1. The maximum Gasteiger partial charge on any atom is 0.220 e. The molecule has 0 aromatic rings. The van der Waals surface area contributed by atoms with Gasteiger partial charge in [-0.15, -0.1) is 0 Å². The normalized spacial score (nSPS) is 13.0. The predicted octanol–water partition coefficient (Wildman–Crippen LogP) is 12.1. The summed E-state index contributed by atoms with van der Waals surface area (Å²) in [7, 11) is 0. The lowest BCUT2D eigenvalue weighted by Gasteiger charge is -2.23. The highest BCUT2D eigenvalue weighted by Crippen LogP contribution is 2.16. The molecule has 0 aromatic carbocycles. The second kappa shape index (κ2) is 37.8. The minimum atomic E-state index is -0.588. The van der Waals surface area contributed by atoms with Crippen molar-refractivity contribution in [3.8, 4) is 0 Å². The van der Waals surface area contributed by atoms with E-state index in [9.17, 15) is 4.79 Å². The quantitative estimate of drug-likeness (QED) is 0.0518. The Balaban J connectivity index is 3.57. The average Bonchev–Trinajstić information content (AvgIpc) is 3.03. The first-order valence-corrected chi connectivity index (χ1v) is 20.4. The van der Waals surface area contributed by atoms with E-state index < -0.39 is 12.3 Å². The molecular formula is C40H82N2O3. The van der Waals surface area contributed by atoms with Crippen LogP contribution in [-0.4, -0.2) is 31.5 Å². The fraction of sp³-hybridized carbons (Fsp3) is 0.975.